The van der Waals surface area contributed by atoms with E-state index in [9.17, 15) is 0 Å². The number of rotatable bonds is 4. The highest BCUT2D eigenvalue weighted by molar-refractivity contribution is 5.99. The Hall–Kier alpha value is -1.81. The average molecular weight is 256 g/mol. The fourth-order valence-electron chi connectivity index (χ4n) is 2.71. The Morgan fingerprint density at radius 1 is 1.16 bits per heavy atom. The highest BCUT2D eigenvalue weighted by atomic mass is 15.2. The van der Waals surface area contributed by atoms with E-state index in [4.69, 9.17) is 5.73 Å². The molecular weight excluding hydrogens is 236 g/mol. The van der Waals surface area contributed by atoms with Crippen molar-refractivity contribution in [3.63, 3.8) is 0 Å². The zero-order chi connectivity index (χ0) is 13.1. The summed E-state index contributed by atoms with van der Waals surface area (Å²) < 4.78 is 0. The highest BCUT2D eigenvalue weighted by Crippen LogP contribution is 2.25. The number of anilines is 2. The van der Waals surface area contributed by atoms with Gasteiger partial charge in [0.1, 0.15) is 5.82 Å². The molecule has 1 fully saturated rings. The molecule has 1 saturated heterocycles. The number of fused-ring (bicyclic) bond motifs is 1. The van der Waals surface area contributed by atoms with Gasteiger partial charge in [0.05, 0.1) is 0 Å². The number of likely N-dealkylation sites (tertiary alicyclic amines) is 1. The second kappa shape index (κ2) is 5.45. The van der Waals surface area contributed by atoms with Crippen LogP contribution in [0.5, 0.6) is 0 Å². The van der Waals surface area contributed by atoms with Crippen molar-refractivity contribution in [2.24, 2.45) is 0 Å². The molecule has 100 valence electrons. The molecule has 4 heteroatoms. The van der Waals surface area contributed by atoms with E-state index >= 15 is 0 Å². The van der Waals surface area contributed by atoms with Crippen LogP contribution in [0.2, 0.25) is 0 Å². The molecule has 1 aliphatic rings. The first-order valence-corrected chi connectivity index (χ1v) is 6.94. The summed E-state index contributed by atoms with van der Waals surface area (Å²) >= 11 is 0. The molecule has 0 radical (unpaired) electrons. The summed E-state index contributed by atoms with van der Waals surface area (Å²) in [4.78, 5) is 6.92. The molecule has 1 aromatic heterocycles. The third-order valence-corrected chi connectivity index (χ3v) is 3.76. The number of hydrogen-bond acceptors (Lipinski definition) is 4. The monoisotopic (exact) mass is 256 g/mol. The summed E-state index contributed by atoms with van der Waals surface area (Å²) in [5.74, 6) is 0.934. The van der Waals surface area contributed by atoms with Gasteiger partial charge >= 0.3 is 0 Å². The first-order valence-electron chi connectivity index (χ1n) is 6.94. The van der Waals surface area contributed by atoms with E-state index in [2.05, 4.69) is 21.3 Å². The zero-order valence-corrected chi connectivity index (χ0v) is 11.1. The van der Waals surface area contributed by atoms with Crippen LogP contribution in [0, 0.1) is 0 Å². The minimum atomic E-state index is 0.808. The molecule has 19 heavy (non-hydrogen) atoms. The Balaban J connectivity index is 1.72. The molecule has 1 aliphatic heterocycles. The SMILES string of the molecule is Nc1cccc2c(NCCN3CCCC3)nccc12. The highest BCUT2D eigenvalue weighted by Gasteiger charge is 2.10. The van der Waals surface area contributed by atoms with Crippen molar-refractivity contribution in [1.29, 1.82) is 0 Å². The zero-order valence-electron chi connectivity index (χ0n) is 11.1. The van der Waals surface area contributed by atoms with Crippen molar-refractivity contribution < 1.29 is 0 Å². The predicted molar refractivity (Wildman–Crippen MR) is 80.3 cm³/mol. The van der Waals surface area contributed by atoms with Gasteiger partial charge in [-0.25, -0.2) is 4.98 Å². The van der Waals surface area contributed by atoms with Crippen molar-refractivity contribution in [3.05, 3.63) is 30.5 Å². The van der Waals surface area contributed by atoms with Crippen molar-refractivity contribution in [2.75, 3.05) is 37.2 Å². The van der Waals surface area contributed by atoms with Crippen LogP contribution in [0.15, 0.2) is 30.5 Å². The van der Waals surface area contributed by atoms with Gasteiger partial charge in [-0.3, -0.25) is 0 Å². The molecule has 0 unspecified atom stereocenters. The second-order valence-corrected chi connectivity index (χ2v) is 5.08. The number of nitrogens with zero attached hydrogens (tertiary/aromatic N) is 2. The molecule has 4 nitrogen and oxygen atoms in total. The van der Waals surface area contributed by atoms with E-state index in [0.29, 0.717) is 0 Å². The quantitative estimate of drug-likeness (QED) is 0.824. The van der Waals surface area contributed by atoms with E-state index < -0.39 is 0 Å². The van der Waals surface area contributed by atoms with Crippen molar-refractivity contribution in [2.45, 2.75) is 12.8 Å². The molecular formula is C15H20N4. The number of aromatic nitrogens is 1. The Morgan fingerprint density at radius 3 is 2.84 bits per heavy atom. The van der Waals surface area contributed by atoms with Crippen LogP contribution in [0.4, 0.5) is 11.5 Å². The molecule has 0 saturated carbocycles. The lowest BCUT2D eigenvalue weighted by molar-refractivity contribution is 0.352. The van der Waals surface area contributed by atoms with Gasteiger partial charge in [-0.15, -0.1) is 0 Å². The number of nitrogens with two attached hydrogens (primary N) is 1. The molecule has 2 aromatic rings. The maximum absolute atomic E-state index is 5.99. The van der Waals surface area contributed by atoms with Crippen molar-refractivity contribution >= 4 is 22.3 Å². The number of nitrogens with one attached hydrogen (secondary N) is 1. The third-order valence-electron chi connectivity index (χ3n) is 3.76. The van der Waals surface area contributed by atoms with E-state index in [1.165, 1.54) is 25.9 Å². The summed E-state index contributed by atoms with van der Waals surface area (Å²) in [5.41, 5.74) is 6.80. The minimum Gasteiger partial charge on any atom is -0.398 e. The van der Waals surface area contributed by atoms with E-state index in [-0.39, 0.29) is 0 Å². The Labute approximate surface area is 113 Å². The van der Waals surface area contributed by atoms with Gasteiger partial charge in [0.15, 0.2) is 0 Å². The standard InChI is InChI=1S/C15H20N4/c16-14-5-3-4-13-12(14)6-7-17-15(13)18-8-11-19-9-1-2-10-19/h3-7H,1-2,8-11,16H2,(H,17,18). The van der Waals surface area contributed by atoms with Crippen LogP contribution >= 0.6 is 0 Å². The largest absolute Gasteiger partial charge is 0.398 e. The average Bonchev–Trinajstić information content (AvgIpc) is 2.93. The molecule has 3 rings (SSSR count). The number of hydrogen-bond donors (Lipinski definition) is 2. The lowest BCUT2D eigenvalue weighted by atomic mass is 10.1. The van der Waals surface area contributed by atoms with Gasteiger partial charge in [-0.05, 0) is 38.1 Å². The lowest BCUT2D eigenvalue weighted by Gasteiger charge is -2.15. The molecule has 2 heterocycles. The van der Waals surface area contributed by atoms with Gasteiger partial charge in [0, 0.05) is 35.7 Å². The van der Waals surface area contributed by atoms with Gasteiger partial charge in [-0.2, -0.15) is 0 Å². The predicted octanol–water partition coefficient (Wildman–Crippen LogP) is 2.32. The number of nitrogen functional groups attached to an aromatic ring is 1. The van der Waals surface area contributed by atoms with Gasteiger partial charge in [0.25, 0.3) is 0 Å². The smallest absolute Gasteiger partial charge is 0.133 e. The first-order chi connectivity index (χ1) is 9.34. The molecule has 0 amide bonds. The number of benzene rings is 1. The molecule has 0 spiro atoms. The van der Waals surface area contributed by atoms with Crippen LogP contribution in [0.1, 0.15) is 12.8 Å². The van der Waals surface area contributed by atoms with E-state index in [1.54, 1.807) is 0 Å². The first kappa shape index (κ1) is 12.2. The number of pyridine rings is 1. The van der Waals surface area contributed by atoms with Crippen molar-refractivity contribution in [1.82, 2.24) is 9.88 Å². The fourth-order valence-corrected chi connectivity index (χ4v) is 2.71. The summed E-state index contributed by atoms with van der Waals surface area (Å²) in [6.45, 7) is 4.48. The van der Waals surface area contributed by atoms with Crippen LogP contribution in [-0.2, 0) is 0 Å². The second-order valence-electron chi connectivity index (χ2n) is 5.08. The Kier molecular flexibility index (Phi) is 3.51. The van der Waals surface area contributed by atoms with Crippen molar-refractivity contribution in [3.8, 4) is 0 Å². The van der Waals surface area contributed by atoms with Gasteiger partial charge in [0.2, 0.25) is 0 Å². The summed E-state index contributed by atoms with van der Waals surface area (Å²) in [6, 6.07) is 7.94. The molecule has 0 aliphatic carbocycles. The topological polar surface area (TPSA) is 54.2 Å². The van der Waals surface area contributed by atoms with Gasteiger partial charge < -0.3 is 16.0 Å². The van der Waals surface area contributed by atoms with Crippen LogP contribution in [0.25, 0.3) is 10.8 Å². The summed E-state index contributed by atoms with van der Waals surface area (Å²) in [5, 5.41) is 5.60. The van der Waals surface area contributed by atoms with Crippen LogP contribution in [-0.4, -0.2) is 36.1 Å². The van der Waals surface area contributed by atoms with E-state index in [1.807, 2.05) is 24.4 Å². The normalized spacial score (nSPS) is 16.0. The minimum absolute atomic E-state index is 0.808. The molecule has 0 atom stereocenters. The van der Waals surface area contributed by atoms with Gasteiger partial charge in [-0.1, -0.05) is 12.1 Å². The third kappa shape index (κ3) is 2.63. The summed E-state index contributed by atoms with van der Waals surface area (Å²) in [7, 11) is 0. The fraction of sp³-hybridized carbons (Fsp3) is 0.400. The van der Waals surface area contributed by atoms with E-state index in [0.717, 1.165) is 35.4 Å². The molecule has 0 bridgehead atoms. The summed E-state index contributed by atoms with van der Waals surface area (Å²) in [6.07, 6.45) is 4.49. The lowest BCUT2D eigenvalue weighted by Crippen LogP contribution is -2.26. The maximum Gasteiger partial charge on any atom is 0.133 e. The van der Waals surface area contributed by atoms with Crippen LogP contribution in [0.3, 0.4) is 0 Å². The van der Waals surface area contributed by atoms with Crippen LogP contribution < -0.4 is 11.1 Å². The molecule has 1 aromatic carbocycles. The Morgan fingerprint density at radius 2 is 2.00 bits per heavy atom. The maximum atomic E-state index is 5.99. The molecule has 3 N–H and O–H groups in total. The Bertz CT molecular complexity index is 561.